The summed E-state index contributed by atoms with van der Waals surface area (Å²) in [6, 6.07) is 0.696. The van der Waals surface area contributed by atoms with E-state index in [-0.39, 0.29) is 11.9 Å². The number of carbonyl (C=O) groups is 1. The van der Waals surface area contributed by atoms with Crippen molar-refractivity contribution < 1.29 is 9.53 Å². The molecular weight excluding hydrogens is 192 g/mol. The van der Waals surface area contributed by atoms with Crippen LogP contribution >= 0.6 is 0 Å². The van der Waals surface area contributed by atoms with Crippen molar-refractivity contribution in [3.05, 3.63) is 0 Å². The van der Waals surface area contributed by atoms with E-state index in [9.17, 15) is 4.79 Å². The molecule has 15 heavy (non-hydrogen) atoms. The highest BCUT2D eigenvalue weighted by atomic mass is 16.5. The Hall–Kier alpha value is -0.610. The Bertz CT molecular complexity index is 245. The van der Waals surface area contributed by atoms with Gasteiger partial charge in [0, 0.05) is 25.6 Å². The third kappa shape index (κ3) is 2.49. The lowest BCUT2D eigenvalue weighted by Gasteiger charge is -2.24. The van der Waals surface area contributed by atoms with Crippen LogP contribution in [0.4, 0.5) is 0 Å². The Morgan fingerprint density at radius 3 is 2.87 bits per heavy atom. The molecule has 0 radical (unpaired) electrons. The van der Waals surface area contributed by atoms with Gasteiger partial charge < -0.3 is 15.4 Å². The largest absolute Gasteiger partial charge is 0.373 e. The number of fused-ring (bicyclic) bond motifs is 2. The summed E-state index contributed by atoms with van der Waals surface area (Å²) in [6.45, 7) is 2.06. The molecule has 4 unspecified atom stereocenters. The van der Waals surface area contributed by atoms with Crippen molar-refractivity contribution in [1.82, 2.24) is 10.6 Å². The van der Waals surface area contributed by atoms with E-state index in [2.05, 4.69) is 17.6 Å². The Morgan fingerprint density at radius 1 is 1.53 bits per heavy atom. The number of rotatable bonds is 4. The lowest BCUT2D eigenvalue weighted by Crippen LogP contribution is -2.44. The van der Waals surface area contributed by atoms with E-state index < -0.39 is 0 Å². The second-order valence-electron chi connectivity index (χ2n) is 4.66. The average Bonchev–Trinajstić information content (AvgIpc) is 2.78. The standard InChI is InChI=1S/C11H20N2O2/c1-7(5-11(14)12-2)13-9-6-8-3-4-10(9)15-8/h7-10,13H,3-6H2,1-2H3,(H,12,14). The zero-order chi connectivity index (χ0) is 10.8. The molecule has 2 heterocycles. The maximum absolute atomic E-state index is 11.2. The summed E-state index contributed by atoms with van der Waals surface area (Å²) in [4.78, 5) is 11.2. The van der Waals surface area contributed by atoms with Crippen LogP contribution in [-0.2, 0) is 9.53 Å². The highest BCUT2D eigenvalue weighted by molar-refractivity contribution is 5.76. The second-order valence-corrected chi connectivity index (χ2v) is 4.66. The Balaban J connectivity index is 1.75. The first-order valence-corrected chi connectivity index (χ1v) is 5.81. The molecule has 2 rings (SSSR count). The Kier molecular flexibility index (Phi) is 3.26. The molecule has 2 saturated heterocycles. The topological polar surface area (TPSA) is 50.4 Å². The molecule has 86 valence electrons. The predicted molar refractivity (Wildman–Crippen MR) is 57.6 cm³/mol. The summed E-state index contributed by atoms with van der Waals surface area (Å²) in [5.41, 5.74) is 0. The molecule has 1 amide bonds. The predicted octanol–water partition coefficient (Wildman–Crippen LogP) is 0.421. The summed E-state index contributed by atoms with van der Waals surface area (Å²) >= 11 is 0. The maximum Gasteiger partial charge on any atom is 0.221 e. The Labute approximate surface area is 90.8 Å². The molecule has 0 aromatic rings. The summed E-state index contributed by atoms with van der Waals surface area (Å²) < 4.78 is 5.75. The van der Waals surface area contributed by atoms with Crippen LogP contribution in [-0.4, -0.2) is 37.2 Å². The minimum absolute atomic E-state index is 0.0964. The molecule has 0 aromatic carbocycles. The molecule has 4 atom stereocenters. The normalized spacial score (nSPS) is 35.5. The highest BCUT2D eigenvalue weighted by Crippen LogP contribution is 2.34. The number of nitrogens with one attached hydrogen (secondary N) is 2. The lowest BCUT2D eigenvalue weighted by atomic mass is 9.95. The van der Waals surface area contributed by atoms with Crippen LogP contribution in [0, 0.1) is 0 Å². The zero-order valence-electron chi connectivity index (χ0n) is 9.45. The second kappa shape index (κ2) is 4.49. The van der Waals surface area contributed by atoms with Gasteiger partial charge in [-0.25, -0.2) is 0 Å². The molecule has 0 aliphatic carbocycles. The molecule has 2 N–H and O–H groups in total. The maximum atomic E-state index is 11.2. The molecular formula is C11H20N2O2. The molecule has 2 aliphatic heterocycles. The fourth-order valence-electron chi connectivity index (χ4n) is 2.62. The van der Waals surface area contributed by atoms with Gasteiger partial charge in [0.2, 0.25) is 5.91 Å². The monoisotopic (exact) mass is 212 g/mol. The van der Waals surface area contributed by atoms with Gasteiger partial charge in [0.05, 0.1) is 12.2 Å². The fourth-order valence-corrected chi connectivity index (χ4v) is 2.62. The summed E-state index contributed by atoms with van der Waals surface area (Å²) in [6.07, 6.45) is 4.91. The van der Waals surface area contributed by atoms with E-state index >= 15 is 0 Å². The van der Waals surface area contributed by atoms with Gasteiger partial charge in [-0.3, -0.25) is 4.79 Å². The van der Waals surface area contributed by atoms with E-state index in [0.717, 1.165) is 6.42 Å². The summed E-state index contributed by atoms with van der Waals surface area (Å²) in [5.74, 6) is 0.0964. The molecule has 0 saturated carbocycles. The van der Waals surface area contributed by atoms with Crippen molar-refractivity contribution in [3.63, 3.8) is 0 Å². The minimum atomic E-state index is 0.0964. The van der Waals surface area contributed by atoms with Crippen LogP contribution < -0.4 is 10.6 Å². The zero-order valence-corrected chi connectivity index (χ0v) is 9.45. The summed E-state index contributed by atoms with van der Waals surface area (Å²) in [5, 5.41) is 6.13. The molecule has 4 nitrogen and oxygen atoms in total. The molecule has 2 bridgehead atoms. The van der Waals surface area contributed by atoms with Crippen LogP contribution in [0.25, 0.3) is 0 Å². The molecule has 4 heteroatoms. The number of hydrogen-bond donors (Lipinski definition) is 2. The quantitative estimate of drug-likeness (QED) is 0.710. The molecule has 2 aliphatic rings. The van der Waals surface area contributed by atoms with Crippen LogP contribution in [0.2, 0.25) is 0 Å². The third-order valence-electron chi connectivity index (χ3n) is 3.38. The Morgan fingerprint density at radius 2 is 2.33 bits per heavy atom. The first-order chi connectivity index (χ1) is 7.19. The third-order valence-corrected chi connectivity index (χ3v) is 3.38. The van der Waals surface area contributed by atoms with Gasteiger partial charge in [0.1, 0.15) is 0 Å². The van der Waals surface area contributed by atoms with Crippen molar-refractivity contribution in [2.45, 2.75) is 56.9 Å². The highest BCUT2D eigenvalue weighted by Gasteiger charge is 2.40. The average molecular weight is 212 g/mol. The van der Waals surface area contributed by atoms with Gasteiger partial charge in [0.25, 0.3) is 0 Å². The lowest BCUT2D eigenvalue weighted by molar-refractivity contribution is -0.121. The van der Waals surface area contributed by atoms with Gasteiger partial charge in [-0.1, -0.05) is 0 Å². The van der Waals surface area contributed by atoms with E-state index in [1.165, 1.54) is 12.8 Å². The fraction of sp³-hybridized carbons (Fsp3) is 0.909. The number of carbonyl (C=O) groups excluding carboxylic acids is 1. The van der Waals surface area contributed by atoms with Crippen molar-refractivity contribution in [2.75, 3.05) is 7.05 Å². The number of ether oxygens (including phenoxy) is 1. The smallest absolute Gasteiger partial charge is 0.221 e. The molecule has 0 aromatic heterocycles. The van der Waals surface area contributed by atoms with Crippen LogP contribution in [0.1, 0.15) is 32.6 Å². The number of amides is 1. The SMILES string of the molecule is CNC(=O)CC(C)NC1CC2CCC1O2. The first kappa shape index (κ1) is 10.9. The van der Waals surface area contributed by atoms with Crippen molar-refractivity contribution in [1.29, 1.82) is 0 Å². The van der Waals surface area contributed by atoms with Gasteiger partial charge >= 0.3 is 0 Å². The van der Waals surface area contributed by atoms with Gasteiger partial charge in [-0.05, 0) is 26.2 Å². The van der Waals surface area contributed by atoms with E-state index in [4.69, 9.17) is 4.74 Å². The van der Waals surface area contributed by atoms with E-state index in [1.54, 1.807) is 7.05 Å². The molecule has 0 spiro atoms. The van der Waals surface area contributed by atoms with Gasteiger partial charge in [-0.2, -0.15) is 0 Å². The van der Waals surface area contributed by atoms with Crippen LogP contribution in [0.15, 0.2) is 0 Å². The summed E-state index contributed by atoms with van der Waals surface area (Å²) in [7, 11) is 1.68. The van der Waals surface area contributed by atoms with E-state index in [0.29, 0.717) is 24.7 Å². The van der Waals surface area contributed by atoms with Crippen molar-refractivity contribution in [3.8, 4) is 0 Å². The molecule has 2 fully saturated rings. The first-order valence-electron chi connectivity index (χ1n) is 5.81. The van der Waals surface area contributed by atoms with Crippen LogP contribution in [0.5, 0.6) is 0 Å². The van der Waals surface area contributed by atoms with Gasteiger partial charge in [0.15, 0.2) is 0 Å². The van der Waals surface area contributed by atoms with Crippen molar-refractivity contribution >= 4 is 5.91 Å². The minimum Gasteiger partial charge on any atom is -0.373 e. The van der Waals surface area contributed by atoms with Gasteiger partial charge in [-0.15, -0.1) is 0 Å². The van der Waals surface area contributed by atoms with E-state index in [1.807, 2.05) is 0 Å². The number of hydrogen-bond acceptors (Lipinski definition) is 3. The van der Waals surface area contributed by atoms with Crippen molar-refractivity contribution in [2.24, 2.45) is 0 Å². The van der Waals surface area contributed by atoms with Crippen LogP contribution in [0.3, 0.4) is 0 Å².